The number of hydrogen-bond acceptors (Lipinski definition) is 3. The van der Waals surface area contributed by atoms with Gasteiger partial charge >= 0.3 is 0 Å². The Morgan fingerprint density at radius 3 is 2.48 bits per heavy atom. The molecule has 6 heteroatoms. The Hall–Kier alpha value is -1.85. The number of aromatic amines is 1. The van der Waals surface area contributed by atoms with Crippen LogP contribution in [-0.2, 0) is 4.79 Å². The fourth-order valence-corrected chi connectivity index (χ4v) is 2.05. The Labute approximate surface area is 130 Å². The number of carbonyl (C=O) groups is 1. The van der Waals surface area contributed by atoms with Crippen molar-refractivity contribution >= 4 is 18.3 Å². The van der Waals surface area contributed by atoms with Gasteiger partial charge in [-0.3, -0.25) is 9.89 Å². The molecule has 0 fully saturated rings. The molecule has 0 saturated heterocycles. The molecule has 4 N–H and O–H groups in total. The highest BCUT2D eigenvalue weighted by Crippen LogP contribution is 2.20. The van der Waals surface area contributed by atoms with Crippen LogP contribution in [0.3, 0.4) is 0 Å². The summed E-state index contributed by atoms with van der Waals surface area (Å²) in [5.74, 6) is -0.359. The number of hydrogen-bond donors (Lipinski definition) is 3. The highest BCUT2D eigenvalue weighted by Gasteiger charge is 2.23. The second-order valence-corrected chi connectivity index (χ2v) is 4.99. The molecular formula is C15H21ClN4O. The van der Waals surface area contributed by atoms with Crippen LogP contribution in [0.5, 0.6) is 0 Å². The third kappa shape index (κ3) is 4.31. The molecule has 0 aliphatic heterocycles. The van der Waals surface area contributed by atoms with Crippen LogP contribution in [0.4, 0.5) is 0 Å². The average Bonchev–Trinajstić information content (AvgIpc) is 3.01. The van der Waals surface area contributed by atoms with Gasteiger partial charge in [0.2, 0.25) is 5.91 Å². The molecule has 1 heterocycles. The lowest BCUT2D eigenvalue weighted by molar-refractivity contribution is -0.125. The normalized spacial score (nSPS) is 14.6. The van der Waals surface area contributed by atoms with Crippen molar-refractivity contribution < 1.29 is 4.79 Å². The van der Waals surface area contributed by atoms with Crippen molar-refractivity contribution in [3.63, 3.8) is 0 Å². The molecule has 0 saturated carbocycles. The molecule has 114 valence electrons. The molecule has 2 aromatic rings. The average molecular weight is 309 g/mol. The minimum atomic E-state index is -0.312. The van der Waals surface area contributed by atoms with Gasteiger partial charge in [-0.25, -0.2) is 0 Å². The summed E-state index contributed by atoms with van der Waals surface area (Å²) in [4.78, 5) is 12.2. The summed E-state index contributed by atoms with van der Waals surface area (Å²) in [7, 11) is 0. The summed E-state index contributed by atoms with van der Waals surface area (Å²) in [6, 6.07) is 9.26. The van der Waals surface area contributed by atoms with Gasteiger partial charge in [-0.2, -0.15) is 5.10 Å². The van der Waals surface area contributed by atoms with Crippen LogP contribution in [0.25, 0.3) is 0 Å². The van der Waals surface area contributed by atoms with E-state index < -0.39 is 0 Å². The number of amides is 1. The smallest absolute Gasteiger partial charge is 0.225 e. The molecule has 0 radical (unpaired) electrons. The molecule has 0 bridgehead atoms. The van der Waals surface area contributed by atoms with Gasteiger partial charge in [-0.15, -0.1) is 12.4 Å². The standard InChI is InChI=1S/C15H20N4O.ClH/c1-10(14(16)12-6-4-3-5-7-12)15(20)19-11(2)13-8-17-18-9-13;/h3-11,14H,16H2,1-2H3,(H,17,18)(H,19,20);1H. The third-order valence-electron chi connectivity index (χ3n) is 3.51. The van der Waals surface area contributed by atoms with Gasteiger partial charge in [-0.05, 0) is 12.5 Å². The highest BCUT2D eigenvalue weighted by molar-refractivity contribution is 5.85. The summed E-state index contributed by atoms with van der Waals surface area (Å²) in [5.41, 5.74) is 8.06. The van der Waals surface area contributed by atoms with Crippen molar-refractivity contribution in [3.05, 3.63) is 53.9 Å². The minimum absolute atomic E-state index is 0. The molecule has 0 aliphatic rings. The van der Waals surface area contributed by atoms with Crippen LogP contribution < -0.4 is 11.1 Å². The highest BCUT2D eigenvalue weighted by atomic mass is 35.5. The molecule has 2 rings (SSSR count). The first-order valence-electron chi connectivity index (χ1n) is 6.69. The lowest BCUT2D eigenvalue weighted by Crippen LogP contribution is -2.36. The van der Waals surface area contributed by atoms with Crippen LogP contribution in [0.2, 0.25) is 0 Å². The van der Waals surface area contributed by atoms with E-state index >= 15 is 0 Å². The van der Waals surface area contributed by atoms with Gasteiger partial charge in [0.25, 0.3) is 0 Å². The van der Waals surface area contributed by atoms with Gasteiger partial charge in [0.1, 0.15) is 0 Å². The maximum atomic E-state index is 12.2. The van der Waals surface area contributed by atoms with Crippen molar-refractivity contribution in [2.24, 2.45) is 11.7 Å². The van der Waals surface area contributed by atoms with E-state index in [4.69, 9.17) is 5.73 Å². The minimum Gasteiger partial charge on any atom is -0.349 e. The van der Waals surface area contributed by atoms with Crippen LogP contribution in [0, 0.1) is 5.92 Å². The predicted octanol–water partition coefficient (Wildman–Crippen LogP) is 2.34. The van der Waals surface area contributed by atoms with Crippen molar-refractivity contribution in [2.75, 3.05) is 0 Å². The van der Waals surface area contributed by atoms with Crippen LogP contribution in [-0.4, -0.2) is 16.1 Å². The Kier molecular flexibility index (Phi) is 6.39. The van der Waals surface area contributed by atoms with Gasteiger partial charge in [0, 0.05) is 17.8 Å². The summed E-state index contributed by atoms with van der Waals surface area (Å²) in [6.07, 6.45) is 3.47. The molecule has 0 aliphatic carbocycles. The van der Waals surface area contributed by atoms with Gasteiger partial charge < -0.3 is 11.1 Å². The summed E-state index contributed by atoms with van der Waals surface area (Å²) < 4.78 is 0. The Morgan fingerprint density at radius 2 is 1.90 bits per heavy atom. The molecule has 3 unspecified atom stereocenters. The topological polar surface area (TPSA) is 83.8 Å². The van der Waals surface area contributed by atoms with E-state index in [0.29, 0.717) is 0 Å². The first-order chi connectivity index (χ1) is 9.59. The summed E-state index contributed by atoms with van der Waals surface area (Å²) in [5, 5.41) is 9.57. The van der Waals surface area contributed by atoms with Crippen molar-refractivity contribution in [1.82, 2.24) is 15.5 Å². The number of rotatable bonds is 5. The Balaban J connectivity index is 0.00000220. The van der Waals surface area contributed by atoms with E-state index in [1.807, 2.05) is 44.2 Å². The summed E-state index contributed by atoms with van der Waals surface area (Å²) in [6.45, 7) is 3.76. The molecule has 1 aromatic heterocycles. The number of nitrogens with two attached hydrogens (primary N) is 1. The van der Waals surface area contributed by atoms with Crippen molar-refractivity contribution in [2.45, 2.75) is 25.9 Å². The van der Waals surface area contributed by atoms with E-state index in [-0.39, 0.29) is 36.3 Å². The fourth-order valence-electron chi connectivity index (χ4n) is 2.05. The molecule has 3 atom stereocenters. The molecule has 1 aromatic carbocycles. The van der Waals surface area contributed by atoms with Gasteiger partial charge in [0.05, 0.1) is 18.2 Å². The second kappa shape index (κ2) is 7.81. The van der Waals surface area contributed by atoms with Crippen molar-refractivity contribution in [1.29, 1.82) is 0 Å². The summed E-state index contributed by atoms with van der Waals surface area (Å²) >= 11 is 0. The molecule has 5 nitrogen and oxygen atoms in total. The van der Waals surface area contributed by atoms with Gasteiger partial charge in [0.15, 0.2) is 0 Å². The predicted molar refractivity (Wildman–Crippen MR) is 84.9 cm³/mol. The van der Waals surface area contributed by atoms with Crippen molar-refractivity contribution in [3.8, 4) is 0 Å². The first-order valence-corrected chi connectivity index (χ1v) is 6.69. The lowest BCUT2D eigenvalue weighted by Gasteiger charge is -2.22. The zero-order valence-electron chi connectivity index (χ0n) is 12.1. The van der Waals surface area contributed by atoms with E-state index in [2.05, 4.69) is 15.5 Å². The third-order valence-corrected chi connectivity index (χ3v) is 3.51. The maximum absolute atomic E-state index is 12.2. The quantitative estimate of drug-likeness (QED) is 0.792. The zero-order valence-corrected chi connectivity index (χ0v) is 12.9. The molecule has 0 spiro atoms. The SMILES string of the molecule is CC(NC(=O)C(C)C(N)c1ccccc1)c1cn[nH]c1.Cl. The van der Waals surface area contributed by atoms with Crippen LogP contribution >= 0.6 is 12.4 Å². The van der Waals surface area contributed by atoms with E-state index in [1.165, 1.54) is 0 Å². The zero-order chi connectivity index (χ0) is 14.5. The van der Waals surface area contributed by atoms with E-state index in [1.54, 1.807) is 12.4 Å². The monoisotopic (exact) mass is 308 g/mol. The first kappa shape index (κ1) is 17.2. The Bertz CT molecular complexity index is 544. The number of carbonyl (C=O) groups excluding carboxylic acids is 1. The fraction of sp³-hybridized carbons (Fsp3) is 0.333. The number of benzene rings is 1. The second-order valence-electron chi connectivity index (χ2n) is 4.99. The molecular weight excluding hydrogens is 288 g/mol. The molecule has 21 heavy (non-hydrogen) atoms. The number of nitrogens with zero attached hydrogens (tertiary/aromatic N) is 1. The molecule has 1 amide bonds. The number of aromatic nitrogens is 2. The Morgan fingerprint density at radius 1 is 1.24 bits per heavy atom. The van der Waals surface area contributed by atoms with Crippen LogP contribution in [0.15, 0.2) is 42.7 Å². The van der Waals surface area contributed by atoms with E-state index in [9.17, 15) is 4.79 Å². The van der Waals surface area contributed by atoms with Crippen LogP contribution in [0.1, 0.15) is 37.1 Å². The number of H-pyrrole nitrogens is 1. The largest absolute Gasteiger partial charge is 0.349 e. The number of nitrogens with one attached hydrogen (secondary N) is 2. The number of halogens is 1. The lowest BCUT2D eigenvalue weighted by atomic mass is 9.94. The van der Waals surface area contributed by atoms with E-state index in [0.717, 1.165) is 11.1 Å². The van der Waals surface area contributed by atoms with Gasteiger partial charge in [-0.1, -0.05) is 37.3 Å². The maximum Gasteiger partial charge on any atom is 0.225 e.